The molecule has 0 fully saturated rings. The number of rotatable bonds is 4. The minimum absolute atomic E-state index is 0.162. The first-order chi connectivity index (χ1) is 8.29. The van der Waals surface area contributed by atoms with E-state index < -0.39 is 0 Å². The lowest BCUT2D eigenvalue weighted by molar-refractivity contribution is 0.431. The normalized spacial score (nSPS) is 12.9. The van der Waals surface area contributed by atoms with Crippen LogP contribution in [0.1, 0.15) is 39.7 Å². The Balaban J connectivity index is 2.63. The second-order valence-corrected chi connectivity index (χ2v) is 6.32. The van der Waals surface area contributed by atoms with Crippen LogP contribution in [0.5, 0.6) is 0 Å². The Bertz CT molecular complexity index is 431. The largest absolute Gasteiger partial charge is 0.312 e. The lowest BCUT2D eigenvalue weighted by atomic mass is 10.1. The van der Waals surface area contributed by atoms with E-state index in [1.165, 1.54) is 5.57 Å². The van der Waals surface area contributed by atoms with Crippen LogP contribution >= 0.6 is 23.2 Å². The van der Waals surface area contributed by atoms with Crippen LogP contribution in [0.3, 0.4) is 0 Å². The highest BCUT2D eigenvalue weighted by molar-refractivity contribution is 6.34. The minimum Gasteiger partial charge on any atom is -0.312 e. The molecule has 18 heavy (non-hydrogen) atoms. The molecule has 0 amide bonds. The third kappa shape index (κ3) is 5.43. The summed E-state index contributed by atoms with van der Waals surface area (Å²) in [5, 5.41) is 4.92. The van der Waals surface area contributed by atoms with Crippen molar-refractivity contribution in [3.05, 3.63) is 39.9 Å². The molecular formula is C15H21Cl2N. The molecule has 0 unspecified atom stereocenters. The number of hydrogen-bond donors (Lipinski definition) is 1. The van der Waals surface area contributed by atoms with Crippen molar-refractivity contribution in [2.45, 2.75) is 39.7 Å². The van der Waals surface area contributed by atoms with Gasteiger partial charge in [0.1, 0.15) is 0 Å². The molecule has 0 atom stereocenters. The average molecular weight is 286 g/mol. The quantitative estimate of drug-likeness (QED) is 0.752. The lowest BCUT2D eigenvalue weighted by Crippen LogP contribution is -2.36. The van der Waals surface area contributed by atoms with Crippen LogP contribution in [0, 0.1) is 0 Å². The lowest BCUT2D eigenvalue weighted by Gasteiger charge is -2.19. The van der Waals surface area contributed by atoms with E-state index in [1.54, 1.807) is 0 Å². The number of halogens is 2. The van der Waals surface area contributed by atoms with Gasteiger partial charge < -0.3 is 5.32 Å². The Kier molecular flexibility index (Phi) is 5.71. The molecule has 1 aromatic carbocycles. The van der Waals surface area contributed by atoms with Gasteiger partial charge in [0.15, 0.2) is 0 Å². The molecule has 0 heterocycles. The van der Waals surface area contributed by atoms with E-state index in [4.69, 9.17) is 23.2 Å². The summed E-state index contributed by atoms with van der Waals surface area (Å²) in [5.74, 6) is 0. The van der Waals surface area contributed by atoms with Gasteiger partial charge in [-0.25, -0.2) is 0 Å². The van der Waals surface area contributed by atoms with Gasteiger partial charge in [0, 0.05) is 15.6 Å². The highest BCUT2D eigenvalue weighted by atomic mass is 35.5. The van der Waals surface area contributed by atoms with Crippen molar-refractivity contribution in [2.24, 2.45) is 0 Å². The first-order valence-corrected chi connectivity index (χ1v) is 6.92. The van der Waals surface area contributed by atoms with Crippen molar-refractivity contribution in [2.75, 3.05) is 6.54 Å². The van der Waals surface area contributed by atoms with E-state index in [1.807, 2.05) is 18.2 Å². The first kappa shape index (κ1) is 15.6. The van der Waals surface area contributed by atoms with Gasteiger partial charge in [-0.1, -0.05) is 29.3 Å². The molecule has 100 valence electrons. The van der Waals surface area contributed by atoms with E-state index in [9.17, 15) is 0 Å². The molecule has 0 saturated carbocycles. The molecule has 1 nitrogen and oxygen atoms in total. The van der Waals surface area contributed by atoms with Crippen molar-refractivity contribution in [3.63, 3.8) is 0 Å². The number of hydrogen-bond acceptors (Lipinski definition) is 1. The second-order valence-electron chi connectivity index (χ2n) is 5.48. The Hall–Kier alpha value is -0.500. The van der Waals surface area contributed by atoms with Crippen molar-refractivity contribution >= 4 is 28.8 Å². The van der Waals surface area contributed by atoms with Crippen molar-refractivity contribution < 1.29 is 0 Å². The molecule has 0 aliphatic carbocycles. The van der Waals surface area contributed by atoms with Crippen LogP contribution in [0.15, 0.2) is 24.3 Å². The summed E-state index contributed by atoms with van der Waals surface area (Å²) in [6, 6.07) is 5.55. The molecule has 0 aliphatic heterocycles. The fourth-order valence-electron chi connectivity index (χ4n) is 1.65. The molecular weight excluding hydrogens is 265 g/mol. The van der Waals surface area contributed by atoms with E-state index in [0.29, 0.717) is 0 Å². The molecule has 0 radical (unpaired) electrons. The maximum absolute atomic E-state index is 6.16. The van der Waals surface area contributed by atoms with Gasteiger partial charge in [0.05, 0.1) is 0 Å². The van der Waals surface area contributed by atoms with Gasteiger partial charge in [0.2, 0.25) is 0 Å². The number of benzene rings is 1. The predicted octanol–water partition coefficient (Wildman–Crippen LogP) is 5.17. The van der Waals surface area contributed by atoms with E-state index >= 15 is 0 Å². The van der Waals surface area contributed by atoms with Gasteiger partial charge in [-0.2, -0.15) is 0 Å². The predicted molar refractivity (Wildman–Crippen MR) is 82.5 cm³/mol. The molecule has 0 saturated heterocycles. The van der Waals surface area contributed by atoms with Crippen LogP contribution in [0.2, 0.25) is 10.0 Å². The first-order valence-electron chi connectivity index (χ1n) is 6.17. The fraction of sp³-hybridized carbons (Fsp3) is 0.467. The molecule has 0 spiro atoms. The monoisotopic (exact) mass is 285 g/mol. The third-order valence-corrected chi connectivity index (χ3v) is 3.17. The molecule has 0 aromatic heterocycles. The standard InChI is InChI=1S/C15H21Cl2N/c1-11(6-5-9-18-15(2,3)4)13-10-12(16)7-8-14(13)17/h6-8,10,18H,5,9H2,1-4H3. The van der Waals surface area contributed by atoms with Crippen molar-refractivity contribution in [3.8, 4) is 0 Å². The molecule has 3 heteroatoms. The smallest absolute Gasteiger partial charge is 0.0481 e. The van der Waals surface area contributed by atoms with Crippen LogP contribution in [-0.4, -0.2) is 12.1 Å². The summed E-state index contributed by atoms with van der Waals surface area (Å²) in [5.41, 5.74) is 2.34. The Morgan fingerprint density at radius 1 is 1.28 bits per heavy atom. The Morgan fingerprint density at radius 3 is 2.56 bits per heavy atom. The third-order valence-electron chi connectivity index (χ3n) is 2.60. The highest BCUT2D eigenvalue weighted by Crippen LogP contribution is 2.27. The second kappa shape index (κ2) is 6.60. The minimum atomic E-state index is 0.162. The van der Waals surface area contributed by atoms with Gasteiger partial charge in [-0.3, -0.25) is 0 Å². The fourth-order valence-corrected chi connectivity index (χ4v) is 2.08. The van der Waals surface area contributed by atoms with E-state index in [0.717, 1.165) is 28.6 Å². The summed E-state index contributed by atoms with van der Waals surface area (Å²) < 4.78 is 0. The molecule has 1 rings (SSSR count). The summed E-state index contributed by atoms with van der Waals surface area (Å²) in [6.07, 6.45) is 3.17. The van der Waals surface area contributed by atoms with Crippen molar-refractivity contribution in [1.29, 1.82) is 0 Å². The van der Waals surface area contributed by atoms with Gasteiger partial charge in [0.25, 0.3) is 0 Å². The van der Waals surface area contributed by atoms with Crippen LogP contribution in [-0.2, 0) is 0 Å². The van der Waals surface area contributed by atoms with Gasteiger partial charge >= 0.3 is 0 Å². The summed E-state index contributed by atoms with van der Waals surface area (Å²) in [4.78, 5) is 0. The summed E-state index contributed by atoms with van der Waals surface area (Å²) >= 11 is 12.1. The van der Waals surface area contributed by atoms with E-state index in [-0.39, 0.29) is 5.54 Å². The zero-order chi connectivity index (χ0) is 13.8. The topological polar surface area (TPSA) is 12.0 Å². The number of nitrogens with one attached hydrogen (secondary N) is 1. The maximum atomic E-state index is 6.16. The Morgan fingerprint density at radius 2 is 1.94 bits per heavy atom. The zero-order valence-corrected chi connectivity index (χ0v) is 13.0. The van der Waals surface area contributed by atoms with Gasteiger partial charge in [-0.15, -0.1) is 0 Å². The molecule has 1 aromatic rings. The van der Waals surface area contributed by atoms with Crippen molar-refractivity contribution in [1.82, 2.24) is 5.32 Å². The summed E-state index contributed by atoms with van der Waals surface area (Å²) in [6.45, 7) is 9.51. The summed E-state index contributed by atoms with van der Waals surface area (Å²) in [7, 11) is 0. The van der Waals surface area contributed by atoms with Crippen LogP contribution < -0.4 is 5.32 Å². The zero-order valence-electron chi connectivity index (χ0n) is 11.5. The SMILES string of the molecule is CC(=CCCNC(C)(C)C)c1cc(Cl)ccc1Cl. The Labute approximate surface area is 120 Å². The maximum Gasteiger partial charge on any atom is 0.0481 e. The number of allylic oxidation sites excluding steroid dienone is 1. The van der Waals surface area contributed by atoms with Crippen LogP contribution in [0.4, 0.5) is 0 Å². The average Bonchev–Trinajstić information content (AvgIpc) is 2.26. The molecule has 1 N–H and O–H groups in total. The van der Waals surface area contributed by atoms with Crippen LogP contribution in [0.25, 0.3) is 5.57 Å². The molecule has 0 aliphatic rings. The highest BCUT2D eigenvalue weighted by Gasteiger charge is 2.07. The van der Waals surface area contributed by atoms with E-state index in [2.05, 4.69) is 39.1 Å². The van der Waals surface area contributed by atoms with Gasteiger partial charge in [-0.05, 0) is 70.0 Å². The molecule has 0 bridgehead atoms.